The number of esters is 1. The van der Waals surface area contributed by atoms with E-state index in [1.807, 2.05) is 6.07 Å². The number of ether oxygens (including phenoxy) is 3. The van der Waals surface area contributed by atoms with Crippen LogP contribution in [0.15, 0.2) is 46.9 Å². The highest BCUT2D eigenvalue weighted by Crippen LogP contribution is 2.28. The molecule has 9 heteroatoms. The molecule has 0 saturated carbocycles. The van der Waals surface area contributed by atoms with Gasteiger partial charge in [0.1, 0.15) is 11.5 Å². The minimum atomic E-state index is -0.689. The van der Waals surface area contributed by atoms with Gasteiger partial charge in [-0.2, -0.15) is 0 Å². The van der Waals surface area contributed by atoms with Crippen LogP contribution in [-0.2, 0) is 19.1 Å². The summed E-state index contributed by atoms with van der Waals surface area (Å²) in [7, 11) is 2.97. The monoisotopic (exact) mass is 476 g/mol. The number of methoxy groups -OCH3 is 2. The molecule has 0 fully saturated rings. The van der Waals surface area contributed by atoms with Crippen molar-refractivity contribution in [2.75, 3.05) is 31.5 Å². The van der Waals surface area contributed by atoms with Gasteiger partial charge in [0.05, 0.1) is 19.9 Å². The molecule has 8 nitrogen and oxygen atoms in total. The van der Waals surface area contributed by atoms with E-state index in [9.17, 15) is 14.4 Å². The number of anilines is 2. The smallest absolute Gasteiger partial charge is 0.331 e. The molecule has 0 heterocycles. The molecular formula is C21H21BrN2O6. The first kappa shape index (κ1) is 23.0. The second-order valence-electron chi connectivity index (χ2n) is 5.97. The number of rotatable bonds is 8. The number of nitrogens with one attached hydrogen (secondary N) is 2. The van der Waals surface area contributed by atoms with E-state index in [0.29, 0.717) is 28.4 Å². The van der Waals surface area contributed by atoms with Crippen molar-refractivity contribution in [3.8, 4) is 11.5 Å². The van der Waals surface area contributed by atoms with Crippen LogP contribution in [0.4, 0.5) is 11.4 Å². The average molecular weight is 477 g/mol. The van der Waals surface area contributed by atoms with Crippen molar-refractivity contribution in [2.45, 2.75) is 6.92 Å². The summed E-state index contributed by atoms with van der Waals surface area (Å²) in [6.45, 7) is 0.880. The number of amides is 2. The average Bonchev–Trinajstić information content (AvgIpc) is 2.70. The van der Waals surface area contributed by atoms with Crippen LogP contribution >= 0.6 is 15.9 Å². The molecule has 0 radical (unpaired) electrons. The van der Waals surface area contributed by atoms with Crippen molar-refractivity contribution in [3.05, 3.63) is 52.5 Å². The molecule has 158 valence electrons. The lowest BCUT2D eigenvalue weighted by atomic mass is 10.2. The molecule has 2 aromatic carbocycles. The van der Waals surface area contributed by atoms with Crippen molar-refractivity contribution < 1.29 is 28.6 Å². The Kier molecular flexibility index (Phi) is 8.42. The van der Waals surface area contributed by atoms with Crippen LogP contribution in [0.2, 0.25) is 0 Å². The van der Waals surface area contributed by atoms with E-state index in [-0.39, 0.29) is 5.91 Å². The van der Waals surface area contributed by atoms with Crippen LogP contribution in [0.25, 0.3) is 6.08 Å². The van der Waals surface area contributed by atoms with Crippen molar-refractivity contribution in [1.82, 2.24) is 0 Å². The highest BCUT2D eigenvalue weighted by molar-refractivity contribution is 9.10. The van der Waals surface area contributed by atoms with Gasteiger partial charge in [-0.15, -0.1) is 0 Å². The Morgan fingerprint density at radius 2 is 1.70 bits per heavy atom. The van der Waals surface area contributed by atoms with Crippen LogP contribution in [0.3, 0.4) is 0 Å². The fourth-order valence-corrected chi connectivity index (χ4v) is 2.83. The summed E-state index contributed by atoms with van der Waals surface area (Å²) >= 11 is 3.35. The summed E-state index contributed by atoms with van der Waals surface area (Å²) in [6.07, 6.45) is 2.74. The third-order valence-electron chi connectivity index (χ3n) is 3.73. The standard InChI is InChI=1S/C21H21BrN2O6/c1-13(25)23-16-6-8-19(29-3)17(11-16)24-20(26)12-30-21(27)9-4-14-10-15(22)5-7-18(14)28-2/h4-11H,12H2,1-3H3,(H,23,25)(H,24,26)/b9-4+. The molecule has 0 spiro atoms. The van der Waals surface area contributed by atoms with E-state index in [2.05, 4.69) is 26.6 Å². The topological polar surface area (TPSA) is 103 Å². The lowest BCUT2D eigenvalue weighted by Crippen LogP contribution is -2.20. The number of carbonyl (C=O) groups is 3. The van der Waals surface area contributed by atoms with Gasteiger partial charge in [-0.05, 0) is 42.5 Å². The van der Waals surface area contributed by atoms with E-state index >= 15 is 0 Å². The normalized spacial score (nSPS) is 10.4. The van der Waals surface area contributed by atoms with Gasteiger partial charge in [0.2, 0.25) is 5.91 Å². The Morgan fingerprint density at radius 1 is 1.00 bits per heavy atom. The number of carbonyl (C=O) groups excluding carboxylic acids is 3. The summed E-state index contributed by atoms with van der Waals surface area (Å²) in [5, 5.41) is 5.20. The lowest BCUT2D eigenvalue weighted by Gasteiger charge is -2.12. The number of halogens is 1. The van der Waals surface area contributed by atoms with Gasteiger partial charge >= 0.3 is 5.97 Å². The molecule has 0 bridgehead atoms. The Balaban J connectivity index is 1.97. The maximum Gasteiger partial charge on any atom is 0.331 e. The molecule has 30 heavy (non-hydrogen) atoms. The summed E-state index contributed by atoms with van der Waals surface area (Å²) < 4.78 is 16.2. The first-order valence-corrected chi connectivity index (χ1v) is 9.55. The highest BCUT2D eigenvalue weighted by atomic mass is 79.9. The SMILES string of the molecule is COc1ccc(Br)cc1/C=C/C(=O)OCC(=O)Nc1cc(NC(C)=O)ccc1OC. The van der Waals surface area contributed by atoms with Gasteiger partial charge in [0.25, 0.3) is 5.91 Å². The van der Waals surface area contributed by atoms with E-state index in [4.69, 9.17) is 14.2 Å². The van der Waals surface area contributed by atoms with E-state index < -0.39 is 18.5 Å². The van der Waals surface area contributed by atoms with Crippen molar-refractivity contribution in [3.63, 3.8) is 0 Å². The highest BCUT2D eigenvalue weighted by Gasteiger charge is 2.11. The molecule has 2 aromatic rings. The van der Waals surface area contributed by atoms with Gasteiger partial charge in [0, 0.05) is 28.7 Å². The third-order valence-corrected chi connectivity index (χ3v) is 4.22. The summed E-state index contributed by atoms with van der Waals surface area (Å²) in [5.74, 6) is -0.516. The summed E-state index contributed by atoms with van der Waals surface area (Å²) in [5.41, 5.74) is 1.49. The van der Waals surface area contributed by atoms with Gasteiger partial charge in [0.15, 0.2) is 6.61 Å². The molecule has 2 N–H and O–H groups in total. The quantitative estimate of drug-likeness (QED) is 0.445. The van der Waals surface area contributed by atoms with Crippen molar-refractivity contribution in [2.24, 2.45) is 0 Å². The third kappa shape index (κ3) is 6.93. The fourth-order valence-electron chi connectivity index (χ4n) is 2.45. The predicted molar refractivity (Wildman–Crippen MR) is 117 cm³/mol. The number of hydrogen-bond acceptors (Lipinski definition) is 6. The zero-order valence-corrected chi connectivity index (χ0v) is 18.2. The summed E-state index contributed by atoms with van der Waals surface area (Å²) in [6, 6.07) is 10.1. The predicted octanol–water partition coefficient (Wildman–Crippen LogP) is 3.62. The minimum Gasteiger partial charge on any atom is -0.496 e. The first-order chi connectivity index (χ1) is 14.3. The lowest BCUT2D eigenvalue weighted by molar-refractivity contribution is -0.142. The van der Waals surface area contributed by atoms with Gasteiger partial charge < -0.3 is 24.8 Å². The molecule has 2 rings (SSSR count). The maximum atomic E-state index is 12.2. The Labute approximate surface area is 182 Å². The molecule has 0 unspecified atom stereocenters. The molecule has 2 amide bonds. The van der Waals surface area contributed by atoms with Gasteiger partial charge in [-0.25, -0.2) is 4.79 Å². The fraction of sp³-hybridized carbons (Fsp3) is 0.190. The van der Waals surface area contributed by atoms with E-state index in [1.165, 1.54) is 33.3 Å². The van der Waals surface area contributed by atoms with Crippen LogP contribution < -0.4 is 20.1 Å². The molecule has 0 aliphatic heterocycles. The molecular weight excluding hydrogens is 456 g/mol. The Morgan fingerprint density at radius 3 is 2.37 bits per heavy atom. The zero-order chi connectivity index (χ0) is 22.1. The van der Waals surface area contributed by atoms with E-state index in [1.54, 1.807) is 30.3 Å². The maximum absolute atomic E-state index is 12.2. The van der Waals surface area contributed by atoms with Crippen molar-refractivity contribution in [1.29, 1.82) is 0 Å². The Hall–Kier alpha value is -3.33. The molecule has 0 saturated heterocycles. The second kappa shape index (κ2) is 11.0. The van der Waals surface area contributed by atoms with Crippen LogP contribution in [0.5, 0.6) is 11.5 Å². The zero-order valence-electron chi connectivity index (χ0n) is 16.7. The van der Waals surface area contributed by atoms with Crippen LogP contribution in [0.1, 0.15) is 12.5 Å². The number of hydrogen-bond donors (Lipinski definition) is 2. The van der Waals surface area contributed by atoms with Crippen molar-refractivity contribution >= 4 is 51.2 Å². The molecule has 0 atom stereocenters. The van der Waals surface area contributed by atoms with E-state index in [0.717, 1.165) is 4.47 Å². The van der Waals surface area contributed by atoms with Crippen LogP contribution in [0, 0.1) is 0 Å². The largest absolute Gasteiger partial charge is 0.496 e. The molecule has 0 aromatic heterocycles. The van der Waals surface area contributed by atoms with Gasteiger partial charge in [-0.3, -0.25) is 9.59 Å². The molecule has 0 aliphatic carbocycles. The Bertz CT molecular complexity index is 974. The number of benzene rings is 2. The molecule has 0 aliphatic rings. The summed E-state index contributed by atoms with van der Waals surface area (Å²) in [4.78, 5) is 35.3. The minimum absolute atomic E-state index is 0.250. The first-order valence-electron chi connectivity index (χ1n) is 8.76. The van der Waals surface area contributed by atoms with Crippen LogP contribution in [-0.4, -0.2) is 38.6 Å². The second-order valence-corrected chi connectivity index (χ2v) is 6.89. The van der Waals surface area contributed by atoms with Gasteiger partial charge in [-0.1, -0.05) is 15.9 Å².